The van der Waals surface area contributed by atoms with Crippen molar-refractivity contribution in [3.05, 3.63) is 22.9 Å². The predicted molar refractivity (Wildman–Crippen MR) is 62.0 cm³/mol. The molecule has 1 unspecified atom stereocenters. The summed E-state index contributed by atoms with van der Waals surface area (Å²) in [6.45, 7) is 2.65. The lowest BCUT2D eigenvalue weighted by Crippen LogP contribution is -2.15. The van der Waals surface area contributed by atoms with Gasteiger partial charge in [-0.05, 0) is 6.42 Å². The molecule has 2 aromatic heterocycles. The van der Waals surface area contributed by atoms with Crippen LogP contribution in [-0.2, 0) is 0 Å². The van der Waals surface area contributed by atoms with Crippen LogP contribution in [0.5, 0.6) is 0 Å². The zero-order valence-electron chi connectivity index (χ0n) is 8.77. The summed E-state index contributed by atoms with van der Waals surface area (Å²) in [4.78, 5) is 15.2. The fourth-order valence-corrected chi connectivity index (χ4v) is 1.34. The minimum Gasteiger partial charge on any atom is -0.368 e. The largest absolute Gasteiger partial charge is 0.368 e. The molecule has 0 aromatic carbocycles. The molecule has 2 aromatic rings. The van der Waals surface area contributed by atoms with Crippen molar-refractivity contribution >= 4 is 23.1 Å². The standard InChI is InChI=1S/C9H12ClN5O/c1-2-6(10)4-11-7-3-8-13-14-9(16)15(8)5-12-7/h3,5-6,11H,2,4H2,1H3,(H,14,16). The third-order valence-corrected chi connectivity index (χ3v) is 2.72. The van der Waals surface area contributed by atoms with Gasteiger partial charge in [0, 0.05) is 12.6 Å². The fourth-order valence-electron chi connectivity index (χ4n) is 1.27. The fraction of sp³-hybridized carbons (Fsp3) is 0.444. The SMILES string of the molecule is CCC(Cl)CNc1cc2n[nH]c(=O)n2cn1. The summed E-state index contributed by atoms with van der Waals surface area (Å²) in [5.74, 6) is 0.658. The molecule has 0 spiro atoms. The number of H-pyrrole nitrogens is 1. The molecule has 0 fully saturated rings. The first-order valence-corrected chi connectivity index (χ1v) is 5.45. The quantitative estimate of drug-likeness (QED) is 0.778. The molecule has 0 amide bonds. The Balaban J connectivity index is 2.17. The van der Waals surface area contributed by atoms with E-state index in [4.69, 9.17) is 11.6 Å². The molecule has 0 aliphatic carbocycles. The second-order valence-electron chi connectivity index (χ2n) is 3.42. The number of rotatable bonds is 4. The molecular formula is C9H12ClN5O. The van der Waals surface area contributed by atoms with Crippen molar-refractivity contribution in [1.82, 2.24) is 19.6 Å². The molecule has 0 saturated heterocycles. The van der Waals surface area contributed by atoms with Crippen molar-refractivity contribution in [2.45, 2.75) is 18.7 Å². The first-order valence-electron chi connectivity index (χ1n) is 5.01. The van der Waals surface area contributed by atoms with Crippen LogP contribution in [0.25, 0.3) is 5.65 Å². The van der Waals surface area contributed by atoms with Crippen LogP contribution in [0.15, 0.2) is 17.2 Å². The van der Waals surface area contributed by atoms with Gasteiger partial charge in [-0.15, -0.1) is 11.6 Å². The normalized spacial score (nSPS) is 12.9. The Morgan fingerprint density at radius 3 is 3.25 bits per heavy atom. The van der Waals surface area contributed by atoms with Crippen molar-refractivity contribution in [1.29, 1.82) is 0 Å². The average Bonchev–Trinajstić information content (AvgIpc) is 2.67. The van der Waals surface area contributed by atoms with Crippen LogP contribution < -0.4 is 11.0 Å². The Morgan fingerprint density at radius 1 is 1.69 bits per heavy atom. The third kappa shape index (κ3) is 2.16. The Labute approximate surface area is 96.7 Å². The molecule has 0 saturated carbocycles. The maximum absolute atomic E-state index is 11.2. The third-order valence-electron chi connectivity index (χ3n) is 2.26. The number of nitrogens with zero attached hydrogens (tertiary/aromatic N) is 3. The van der Waals surface area contributed by atoms with Crippen LogP contribution in [0.3, 0.4) is 0 Å². The van der Waals surface area contributed by atoms with E-state index in [0.717, 1.165) is 6.42 Å². The van der Waals surface area contributed by atoms with E-state index in [9.17, 15) is 4.79 Å². The molecule has 2 heterocycles. The van der Waals surface area contributed by atoms with Gasteiger partial charge in [-0.25, -0.2) is 19.3 Å². The monoisotopic (exact) mass is 241 g/mol. The Morgan fingerprint density at radius 2 is 2.50 bits per heavy atom. The lowest BCUT2D eigenvalue weighted by molar-refractivity contribution is 0.839. The Bertz CT molecular complexity index is 534. The van der Waals surface area contributed by atoms with Crippen molar-refractivity contribution in [2.75, 3.05) is 11.9 Å². The average molecular weight is 242 g/mol. The molecular weight excluding hydrogens is 230 g/mol. The lowest BCUT2D eigenvalue weighted by atomic mass is 10.3. The van der Waals surface area contributed by atoms with E-state index < -0.39 is 0 Å². The summed E-state index contributed by atoms with van der Waals surface area (Å²) in [5, 5.41) is 9.34. The maximum atomic E-state index is 11.2. The van der Waals surface area contributed by atoms with E-state index >= 15 is 0 Å². The molecule has 16 heavy (non-hydrogen) atoms. The predicted octanol–water partition coefficient (Wildman–Crippen LogP) is 0.847. The van der Waals surface area contributed by atoms with Crippen LogP contribution in [0, 0.1) is 0 Å². The molecule has 7 heteroatoms. The number of hydrogen-bond acceptors (Lipinski definition) is 4. The number of halogens is 1. The molecule has 86 valence electrons. The molecule has 0 aliphatic heterocycles. The van der Waals surface area contributed by atoms with Gasteiger partial charge in [0.2, 0.25) is 0 Å². The smallest absolute Gasteiger partial charge is 0.348 e. The van der Waals surface area contributed by atoms with Crippen molar-refractivity contribution in [3.63, 3.8) is 0 Å². The number of aromatic nitrogens is 4. The van der Waals surface area contributed by atoms with Crippen molar-refractivity contribution in [3.8, 4) is 0 Å². The highest BCUT2D eigenvalue weighted by Gasteiger charge is 2.04. The molecule has 1 atom stereocenters. The highest BCUT2D eigenvalue weighted by Crippen LogP contribution is 2.07. The summed E-state index contributed by atoms with van der Waals surface area (Å²) < 4.78 is 1.34. The van der Waals surface area contributed by atoms with Crippen molar-refractivity contribution < 1.29 is 0 Å². The highest BCUT2D eigenvalue weighted by molar-refractivity contribution is 6.20. The van der Waals surface area contributed by atoms with Gasteiger partial charge in [0.25, 0.3) is 0 Å². The van der Waals surface area contributed by atoms with E-state index in [1.807, 2.05) is 6.92 Å². The first-order chi connectivity index (χ1) is 7.70. The van der Waals surface area contributed by atoms with E-state index in [-0.39, 0.29) is 11.1 Å². The Kier molecular flexibility index (Phi) is 3.09. The summed E-state index contributed by atoms with van der Waals surface area (Å²) in [5.41, 5.74) is 0.239. The van der Waals surface area contributed by atoms with E-state index in [1.165, 1.54) is 10.7 Å². The zero-order chi connectivity index (χ0) is 11.5. The summed E-state index contributed by atoms with van der Waals surface area (Å²) >= 11 is 5.97. The number of aromatic amines is 1. The van der Waals surface area contributed by atoms with Gasteiger partial charge in [-0.3, -0.25) is 0 Å². The summed E-state index contributed by atoms with van der Waals surface area (Å²) in [6, 6.07) is 1.69. The lowest BCUT2D eigenvalue weighted by Gasteiger charge is -2.08. The summed E-state index contributed by atoms with van der Waals surface area (Å²) in [6.07, 6.45) is 2.32. The molecule has 2 N–H and O–H groups in total. The molecule has 2 rings (SSSR count). The van der Waals surface area contributed by atoms with Crippen LogP contribution in [0.2, 0.25) is 0 Å². The zero-order valence-corrected chi connectivity index (χ0v) is 9.53. The molecule has 6 nitrogen and oxygen atoms in total. The van der Waals surface area contributed by atoms with Gasteiger partial charge in [0.05, 0.1) is 5.38 Å². The van der Waals surface area contributed by atoms with E-state index in [1.54, 1.807) is 6.07 Å². The molecule has 0 bridgehead atoms. The van der Waals surface area contributed by atoms with Crippen LogP contribution >= 0.6 is 11.6 Å². The second kappa shape index (κ2) is 4.52. The Hall–Kier alpha value is -1.56. The number of fused-ring (bicyclic) bond motifs is 1. The van der Waals surface area contributed by atoms with E-state index in [0.29, 0.717) is 18.0 Å². The van der Waals surface area contributed by atoms with Gasteiger partial charge >= 0.3 is 5.69 Å². The van der Waals surface area contributed by atoms with Crippen LogP contribution in [0.4, 0.5) is 5.82 Å². The van der Waals surface area contributed by atoms with Crippen LogP contribution in [0.1, 0.15) is 13.3 Å². The van der Waals surface area contributed by atoms with Crippen molar-refractivity contribution in [2.24, 2.45) is 0 Å². The van der Waals surface area contributed by atoms with Gasteiger partial charge in [-0.1, -0.05) is 6.92 Å². The van der Waals surface area contributed by atoms with Gasteiger partial charge < -0.3 is 5.32 Å². The van der Waals surface area contributed by atoms with Gasteiger partial charge in [-0.2, -0.15) is 5.10 Å². The van der Waals surface area contributed by atoms with Gasteiger partial charge in [0.15, 0.2) is 5.65 Å². The first kappa shape index (κ1) is 10.9. The second-order valence-corrected chi connectivity index (χ2v) is 4.03. The summed E-state index contributed by atoms with van der Waals surface area (Å²) in [7, 11) is 0. The topological polar surface area (TPSA) is 75.1 Å². The number of hydrogen-bond donors (Lipinski definition) is 2. The van der Waals surface area contributed by atoms with E-state index in [2.05, 4.69) is 20.5 Å². The number of anilines is 1. The maximum Gasteiger partial charge on any atom is 0.348 e. The minimum absolute atomic E-state index is 0.0689. The number of alkyl halides is 1. The minimum atomic E-state index is -0.294. The van der Waals surface area contributed by atoms with Gasteiger partial charge in [0.1, 0.15) is 12.1 Å². The highest BCUT2D eigenvalue weighted by atomic mass is 35.5. The molecule has 0 radical (unpaired) electrons. The molecule has 0 aliphatic rings. The number of nitrogens with one attached hydrogen (secondary N) is 2. The van der Waals surface area contributed by atoms with Crippen LogP contribution in [-0.4, -0.2) is 31.5 Å².